The Balaban J connectivity index is 1.91. The number of carbonyl (C=O) groups is 1. The summed E-state index contributed by atoms with van der Waals surface area (Å²) in [6, 6.07) is 9.43. The van der Waals surface area contributed by atoms with E-state index in [4.69, 9.17) is 5.73 Å². The van der Waals surface area contributed by atoms with E-state index in [1.165, 1.54) is 11.3 Å². The summed E-state index contributed by atoms with van der Waals surface area (Å²) in [4.78, 5) is 14.6. The molecule has 3 N–H and O–H groups in total. The number of hydrogen-bond donors (Lipinski definition) is 2. The van der Waals surface area contributed by atoms with Gasteiger partial charge < -0.3 is 11.1 Å². The first kappa shape index (κ1) is 13.8. The van der Waals surface area contributed by atoms with Gasteiger partial charge in [0.05, 0.1) is 11.9 Å². The monoisotopic (exact) mass is 316 g/mol. The molecule has 0 fully saturated rings. The van der Waals surface area contributed by atoms with E-state index in [0.29, 0.717) is 15.4 Å². The molecule has 0 atom stereocenters. The Hall–Kier alpha value is -2.12. The molecule has 0 bridgehead atoms. The topological polar surface area (TPSA) is 80.9 Å². The molecule has 0 aliphatic carbocycles. The van der Waals surface area contributed by atoms with Gasteiger partial charge in [-0.2, -0.15) is 5.10 Å². The number of fused-ring (bicyclic) bond motifs is 1. The minimum Gasteiger partial charge on any atom is -0.397 e. The molecule has 0 saturated carbocycles. The van der Waals surface area contributed by atoms with Gasteiger partial charge in [-0.3, -0.25) is 4.79 Å². The molecule has 5 nitrogen and oxygen atoms in total. The van der Waals surface area contributed by atoms with Gasteiger partial charge in [0.25, 0.3) is 5.91 Å². The van der Waals surface area contributed by atoms with Crippen molar-refractivity contribution in [2.24, 2.45) is 0 Å². The number of nitrogens with zero attached hydrogens (tertiary/aromatic N) is 2. The summed E-state index contributed by atoms with van der Waals surface area (Å²) in [6.07, 6.45) is 3.55. The normalized spacial score (nSPS) is 10.7. The molecule has 2 heterocycles. The van der Waals surface area contributed by atoms with Crippen molar-refractivity contribution in [2.75, 3.05) is 17.3 Å². The molecule has 0 aliphatic rings. The maximum Gasteiger partial charge on any atom is 0.267 e. The summed E-state index contributed by atoms with van der Waals surface area (Å²) in [5.41, 5.74) is 7.22. The number of thioether (sulfide) groups is 1. The van der Waals surface area contributed by atoms with Gasteiger partial charge in [0.15, 0.2) is 0 Å². The number of nitrogens with one attached hydrogen (secondary N) is 1. The van der Waals surface area contributed by atoms with Crippen LogP contribution in [-0.2, 0) is 0 Å². The van der Waals surface area contributed by atoms with E-state index < -0.39 is 0 Å². The average Bonchev–Trinajstić information content (AvgIpc) is 2.85. The highest BCUT2D eigenvalue weighted by atomic mass is 32.2. The number of carbonyl (C=O) groups excluding carboxylic acids is 1. The van der Waals surface area contributed by atoms with E-state index in [1.54, 1.807) is 24.0 Å². The lowest BCUT2D eigenvalue weighted by Gasteiger charge is -2.05. The fourth-order valence-electron chi connectivity index (χ4n) is 1.93. The Morgan fingerprint density at radius 3 is 3.00 bits per heavy atom. The van der Waals surface area contributed by atoms with Crippen molar-refractivity contribution in [1.29, 1.82) is 0 Å². The van der Waals surface area contributed by atoms with Crippen LogP contribution in [0.2, 0.25) is 0 Å². The third kappa shape index (κ3) is 2.70. The maximum absolute atomic E-state index is 12.4. The Morgan fingerprint density at radius 1 is 1.38 bits per heavy atom. The van der Waals surface area contributed by atoms with E-state index >= 15 is 0 Å². The number of nitrogens with two attached hydrogens (primary N) is 1. The molecular weight excluding hydrogens is 304 g/mol. The van der Waals surface area contributed by atoms with E-state index in [9.17, 15) is 4.79 Å². The van der Waals surface area contributed by atoms with Gasteiger partial charge in [-0.25, -0.2) is 0 Å². The standard InChI is InChI=1S/C14H12N4OS2/c1-20-9-4-2-3-8(7-9)17-13(19)12-11(15)10-5-6-16-18-14(10)21-12/h2-7H,15H2,1H3,(H,17,19). The highest BCUT2D eigenvalue weighted by Gasteiger charge is 2.17. The van der Waals surface area contributed by atoms with E-state index in [0.717, 1.165) is 16.0 Å². The minimum atomic E-state index is -0.228. The van der Waals surface area contributed by atoms with Crippen LogP contribution in [0.5, 0.6) is 0 Å². The zero-order valence-electron chi connectivity index (χ0n) is 11.2. The largest absolute Gasteiger partial charge is 0.397 e. The number of aromatic nitrogens is 2. The summed E-state index contributed by atoms with van der Waals surface area (Å²) in [5, 5.41) is 11.4. The van der Waals surface area contributed by atoms with Crippen LogP contribution in [0.4, 0.5) is 11.4 Å². The van der Waals surface area contributed by atoms with Crippen molar-refractivity contribution in [3.05, 3.63) is 41.4 Å². The number of rotatable bonds is 3. The molecule has 3 rings (SSSR count). The van der Waals surface area contributed by atoms with Gasteiger partial charge in [-0.1, -0.05) is 6.07 Å². The van der Waals surface area contributed by atoms with Crippen LogP contribution < -0.4 is 11.1 Å². The predicted octanol–water partition coefficient (Wildman–Crippen LogP) is 3.25. The van der Waals surface area contributed by atoms with Gasteiger partial charge in [-0.15, -0.1) is 28.2 Å². The molecule has 0 radical (unpaired) electrons. The third-order valence-corrected chi connectivity index (χ3v) is 4.78. The van der Waals surface area contributed by atoms with E-state index in [1.807, 2.05) is 30.5 Å². The van der Waals surface area contributed by atoms with Gasteiger partial charge in [0, 0.05) is 16.0 Å². The number of thiophene rings is 1. The molecular formula is C14H12N4OS2. The Labute approximate surface area is 129 Å². The summed E-state index contributed by atoms with van der Waals surface area (Å²) in [7, 11) is 0. The molecule has 0 spiro atoms. The fourth-order valence-corrected chi connectivity index (χ4v) is 3.32. The molecule has 1 amide bonds. The van der Waals surface area contributed by atoms with Gasteiger partial charge in [0.1, 0.15) is 9.71 Å². The molecule has 2 aromatic heterocycles. The summed E-state index contributed by atoms with van der Waals surface area (Å²) < 4.78 is 0. The van der Waals surface area contributed by atoms with Crippen molar-refractivity contribution in [3.63, 3.8) is 0 Å². The van der Waals surface area contributed by atoms with Crippen molar-refractivity contribution >= 4 is 50.6 Å². The van der Waals surface area contributed by atoms with Gasteiger partial charge in [-0.05, 0) is 30.5 Å². The number of hydrogen-bond acceptors (Lipinski definition) is 6. The molecule has 7 heteroatoms. The summed E-state index contributed by atoms with van der Waals surface area (Å²) in [5.74, 6) is -0.228. The second kappa shape index (κ2) is 5.71. The highest BCUT2D eigenvalue weighted by molar-refractivity contribution is 7.98. The number of amides is 1. The van der Waals surface area contributed by atoms with Crippen LogP contribution in [0.3, 0.4) is 0 Å². The molecule has 0 unspecified atom stereocenters. The molecule has 0 saturated heterocycles. The highest BCUT2D eigenvalue weighted by Crippen LogP contribution is 2.32. The number of benzene rings is 1. The van der Waals surface area contributed by atoms with Crippen LogP contribution in [0, 0.1) is 0 Å². The summed E-state index contributed by atoms with van der Waals surface area (Å²) >= 11 is 2.87. The number of anilines is 2. The van der Waals surface area contributed by atoms with Crippen LogP contribution in [0.1, 0.15) is 9.67 Å². The molecule has 3 aromatic rings. The second-order valence-electron chi connectivity index (χ2n) is 4.28. The SMILES string of the molecule is CSc1cccc(NC(=O)c2sc3nnccc3c2N)c1. The first-order valence-corrected chi connectivity index (χ1v) is 8.18. The lowest BCUT2D eigenvalue weighted by atomic mass is 10.2. The lowest BCUT2D eigenvalue weighted by molar-refractivity contribution is 0.103. The molecule has 0 aliphatic heterocycles. The Kier molecular flexibility index (Phi) is 3.76. The molecule has 106 valence electrons. The quantitative estimate of drug-likeness (QED) is 0.725. The first-order valence-electron chi connectivity index (χ1n) is 6.14. The third-order valence-electron chi connectivity index (χ3n) is 2.95. The zero-order chi connectivity index (χ0) is 14.8. The Bertz CT molecular complexity index is 816. The minimum absolute atomic E-state index is 0.228. The Morgan fingerprint density at radius 2 is 2.24 bits per heavy atom. The van der Waals surface area contributed by atoms with Crippen LogP contribution in [0.25, 0.3) is 10.2 Å². The van der Waals surface area contributed by atoms with Crippen molar-refractivity contribution in [1.82, 2.24) is 10.2 Å². The number of nitrogen functional groups attached to an aromatic ring is 1. The smallest absolute Gasteiger partial charge is 0.267 e. The van der Waals surface area contributed by atoms with Crippen LogP contribution >= 0.6 is 23.1 Å². The molecule has 1 aromatic carbocycles. The van der Waals surface area contributed by atoms with Crippen molar-refractivity contribution in [3.8, 4) is 0 Å². The fraction of sp³-hybridized carbons (Fsp3) is 0.0714. The lowest BCUT2D eigenvalue weighted by Crippen LogP contribution is -2.11. The predicted molar refractivity (Wildman–Crippen MR) is 88.0 cm³/mol. The average molecular weight is 316 g/mol. The second-order valence-corrected chi connectivity index (χ2v) is 6.16. The van der Waals surface area contributed by atoms with Gasteiger partial charge in [0.2, 0.25) is 0 Å². The summed E-state index contributed by atoms with van der Waals surface area (Å²) in [6.45, 7) is 0. The van der Waals surface area contributed by atoms with E-state index in [-0.39, 0.29) is 5.91 Å². The van der Waals surface area contributed by atoms with Crippen LogP contribution in [-0.4, -0.2) is 22.4 Å². The van der Waals surface area contributed by atoms with Crippen molar-refractivity contribution < 1.29 is 4.79 Å². The maximum atomic E-state index is 12.4. The van der Waals surface area contributed by atoms with E-state index in [2.05, 4.69) is 15.5 Å². The van der Waals surface area contributed by atoms with Crippen LogP contribution in [0.15, 0.2) is 41.4 Å². The first-order chi connectivity index (χ1) is 10.2. The van der Waals surface area contributed by atoms with Crippen molar-refractivity contribution in [2.45, 2.75) is 4.90 Å². The van der Waals surface area contributed by atoms with Gasteiger partial charge >= 0.3 is 0 Å². The molecule has 21 heavy (non-hydrogen) atoms. The zero-order valence-corrected chi connectivity index (χ0v) is 12.8.